The first kappa shape index (κ1) is 18.6. The summed E-state index contributed by atoms with van der Waals surface area (Å²) in [5.41, 5.74) is 0.107. The number of carbonyl (C=O) groups excluding carboxylic acids is 1. The number of aromatic nitrogens is 2. The van der Waals surface area contributed by atoms with Crippen molar-refractivity contribution in [1.82, 2.24) is 14.9 Å². The molecule has 6 nitrogen and oxygen atoms in total. The molecule has 1 aliphatic carbocycles. The normalized spacial score (nSPS) is 16.2. The number of nitrogens with zero attached hydrogens (tertiary/aromatic N) is 1. The molecular weight excluding hydrogens is 398 g/mol. The maximum atomic E-state index is 12.4. The number of halogens is 1. The number of H-pyrrole nitrogens is 1. The van der Waals surface area contributed by atoms with E-state index in [4.69, 9.17) is 0 Å². The molecule has 138 valence electrons. The first-order valence-corrected chi connectivity index (χ1v) is 9.61. The molecule has 26 heavy (non-hydrogen) atoms. The number of benzene rings is 1. The summed E-state index contributed by atoms with van der Waals surface area (Å²) in [5.74, 6) is -0.244. The Balaban J connectivity index is 1.71. The largest absolute Gasteiger partial charge is 0.354 e. The molecule has 1 heterocycles. The monoisotopic (exact) mass is 419 g/mol. The highest BCUT2D eigenvalue weighted by molar-refractivity contribution is 9.10. The Morgan fingerprint density at radius 1 is 1.15 bits per heavy atom. The maximum Gasteiger partial charge on any atom is 0.328 e. The molecule has 1 amide bonds. The number of rotatable bonds is 5. The Kier molecular flexibility index (Phi) is 5.76. The molecule has 0 saturated heterocycles. The Bertz CT molecular complexity index is 883. The highest BCUT2D eigenvalue weighted by Gasteiger charge is 2.34. The van der Waals surface area contributed by atoms with Gasteiger partial charge in [0, 0.05) is 18.2 Å². The van der Waals surface area contributed by atoms with Gasteiger partial charge in [-0.25, -0.2) is 4.79 Å². The van der Waals surface area contributed by atoms with Gasteiger partial charge < -0.3 is 5.32 Å². The van der Waals surface area contributed by atoms with Crippen LogP contribution in [0.3, 0.4) is 0 Å². The fourth-order valence-corrected chi connectivity index (χ4v) is 4.01. The average molecular weight is 420 g/mol. The lowest BCUT2D eigenvalue weighted by molar-refractivity contribution is -0.122. The molecule has 1 saturated carbocycles. The molecule has 0 unspecified atom stereocenters. The highest BCUT2D eigenvalue weighted by Crippen LogP contribution is 2.38. The second-order valence-electron chi connectivity index (χ2n) is 6.85. The number of amides is 1. The van der Waals surface area contributed by atoms with Gasteiger partial charge in [-0.05, 0) is 34.3 Å². The van der Waals surface area contributed by atoms with E-state index in [2.05, 4.69) is 38.4 Å². The van der Waals surface area contributed by atoms with Crippen molar-refractivity contribution in [3.05, 3.63) is 67.4 Å². The topological polar surface area (TPSA) is 84.0 Å². The van der Waals surface area contributed by atoms with Gasteiger partial charge in [-0.1, -0.05) is 49.6 Å². The Morgan fingerprint density at radius 3 is 2.54 bits per heavy atom. The van der Waals surface area contributed by atoms with Crippen molar-refractivity contribution in [2.24, 2.45) is 0 Å². The minimum Gasteiger partial charge on any atom is -0.354 e. The van der Waals surface area contributed by atoms with Crippen LogP contribution in [0.15, 0.2) is 50.6 Å². The lowest BCUT2D eigenvalue weighted by atomic mass is 9.69. The van der Waals surface area contributed by atoms with E-state index in [1.165, 1.54) is 22.7 Å². The minimum atomic E-state index is -0.594. The predicted octanol–water partition coefficient (Wildman–Crippen LogP) is 2.32. The summed E-state index contributed by atoms with van der Waals surface area (Å²) in [5, 5.41) is 3.00. The summed E-state index contributed by atoms with van der Waals surface area (Å²) in [7, 11) is 0. The Labute approximate surface area is 159 Å². The number of carbonyl (C=O) groups is 1. The van der Waals surface area contributed by atoms with Crippen molar-refractivity contribution in [2.45, 2.75) is 44.1 Å². The highest BCUT2D eigenvalue weighted by atomic mass is 79.9. The molecule has 0 bridgehead atoms. The molecule has 0 atom stereocenters. The molecule has 0 aliphatic heterocycles. The number of aromatic amines is 1. The van der Waals surface area contributed by atoms with E-state index < -0.39 is 11.2 Å². The van der Waals surface area contributed by atoms with Crippen molar-refractivity contribution in [2.75, 3.05) is 6.54 Å². The summed E-state index contributed by atoms with van der Waals surface area (Å²) in [6.45, 7) is 0.425. The van der Waals surface area contributed by atoms with Gasteiger partial charge in [-0.15, -0.1) is 0 Å². The molecule has 2 N–H and O–H groups in total. The van der Waals surface area contributed by atoms with Crippen LogP contribution >= 0.6 is 15.9 Å². The standard InChI is InChI=1S/C19H22BrN3O3/c20-15-11-23(18(26)22-17(15)25)12-16(24)21-13-19(9-5-2-6-10-19)14-7-3-1-4-8-14/h1,3-4,7-8,11H,2,5-6,9-10,12-13H2,(H,21,24)(H,22,25,26). The van der Waals surface area contributed by atoms with E-state index >= 15 is 0 Å². The van der Waals surface area contributed by atoms with Crippen molar-refractivity contribution < 1.29 is 4.79 Å². The molecule has 2 aromatic rings. The van der Waals surface area contributed by atoms with E-state index in [-0.39, 0.29) is 22.3 Å². The lowest BCUT2D eigenvalue weighted by Gasteiger charge is -2.38. The minimum absolute atomic E-state index is 0.0499. The van der Waals surface area contributed by atoms with Crippen LogP contribution in [0.2, 0.25) is 0 Å². The number of nitrogens with one attached hydrogen (secondary N) is 2. The summed E-state index contributed by atoms with van der Waals surface area (Å²) in [4.78, 5) is 37.8. The molecule has 0 spiro atoms. The van der Waals surface area contributed by atoms with Gasteiger partial charge >= 0.3 is 5.69 Å². The van der Waals surface area contributed by atoms with Crippen molar-refractivity contribution in [3.63, 3.8) is 0 Å². The molecule has 7 heteroatoms. The van der Waals surface area contributed by atoms with Crippen LogP contribution < -0.4 is 16.6 Å². The molecule has 1 aromatic carbocycles. The summed E-state index contributed by atoms with van der Waals surface area (Å²) in [6.07, 6.45) is 6.95. The smallest absolute Gasteiger partial charge is 0.328 e. The summed E-state index contributed by atoms with van der Waals surface area (Å²) in [6, 6.07) is 10.3. The lowest BCUT2D eigenvalue weighted by Crippen LogP contribution is -2.44. The summed E-state index contributed by atoms with van der Waals surface area (Å²) < 4.78 is 1.41. The van der Waals surface area contributed by atoms with E-state index in [1.807, 2.05) is 18.2 Å². The quantitative estimate of drug-likeness (QED) is 0.779. The van der Waals surface area contributed by atoms with Crippen LogP contribution in [0.1, 0.15) is 37.7 Å². The average Bonchev–Trinajstić information content (AvgIpc) is 2.66. The Hall–Kier alpha value is -2.15. The third-order valence-corrected chi connectivity index (χ3v) is 5.67. The molecule has 1 aliphatic rings. The summed E-state index contributed by atoms with van der Waals surface area (Å²) >= 11 is 3.08. The first-order chi connectivity index (χ1) is 12.5. The van der Waals surface area contributed by atoms with Crippen LogP contribution in [-0.2, 0) is 16.8 Å². The van der Waals surface area contributed by atoms with Crippen LogP contribution in [0.5, 0.6) is 0 Å². The molecule has 1 fully saturated rings. The fraction of sp³-hybridized carbons (Fsp3) is 0.421. The zero-order valence-electron chi connectivity index (χ0n) is 14.5. The van der Waals surface area contributed by atoms with Crippen LogP contribution in [0.4, 0.5) is 0 Å². The third-order valence-electron chi connectivity index (χ3n) is 5.10. The second kappa shape index (κ2) is 8.03. The third kappa shape index (κ3) is 4.15. The fourth-order valence-electron chi connectivity index (χ4n) is 3.67. The van der Waals surface area contributed by atoms with Crippen LogP contribution in [0, 0.1) is 0 Å². The Morgan fingerprint density at radius 2 is 1.85 bits per heavy atom. The van der Waals surface area contributed by atoms with E-state index in [1.54, 1.807) is 0 Å². The molecule has 0 radical (unpaired) electrons. The van der Waals surface area contributed by atoms with Crippen molar-refractivity contribution in [3.8, 4) is 0 Å². The van der Waals surface area contributed by atoms with Gasteiger partial charge in [0.25, 0.3) is 5.56 Å². The zero-order valence-corrected chi connectivity index (χ0v) is 16.0. The number of hydrogen-bond donors (Lipinski definition) is 2. The number of hydrogen-bond acceptors (Lipinski definition) is 3. The van der Waals surface area contributed by atoms with E-state index in [9.17, 15) is 14.4 Å². The van der Waals surface area contributed by atoms with Crippen molar-refractivity contribution >= 4 is 21.8 Å². The van der Waals surface area contributed by atoms with Crippen LogP contribution in [0.25, 0.3) is 0 Å². The van der Waals surface area contributed by atoms with Gasteiger partial charge in [-0.3, -0.25) is 19.1 Å². The zero-order chi connectivity index (χ0) is 18.6. The SMILES string of the molecule is O=C(Cn1cc(Br)c(=O)[nH]c1=O)NCC1(c2ccccc2)CCCCC1. The van der Waals surface area contributed by atoms with Gasteiger partial charge in [0.2, 0.25) is 5.91 Å². The van der Waals surface area contributed by atoms with E-state index in [0.29, 0.717) is 6.54 Å². The van der Waals surface area contributed by atoms with Crippen LogP contribution in [-0.4, -0.2) is 22.0 Å². The first-order valence-electron chi connectivity index (χ1n) is 8.82. The van der Waals surface area contributed by atoms with Gasteiger partial charge in [-0.2, -0.15) is 0 Å². The predicted molar refractivity (Wildman–Crippen MR) is 103 cm³/mol. The second-order valence-corrected chi connectivity index (χ2v) is 7.70. The maximum absolute atomic E-state index is 12.4. The van der Waals surface area contributed by atoms with Gasteiger partial charge in [0.05, 0.1) is 4.47 Å². The van der Waals surface area contributed by atoms with Gasteiger partial charge in [0.1, 0.15) is 6.54 Å². The van der Waals surface area contributed by atoms with Gasteiger partial charge in [0.15, 0.2) is 0 Å². The molecule has 1 aromatic heterocycles. The van der Waals surface area contributed by atoms with Crippen molar-refractivity contribution in [1.29, 1.82) is 0 Å². The van der Waals surface area contributed by atoms with E-state index in [0.717, 1.165) is 25.7 Å². The molecular formula is C19H22BrN3O3. The molecule has 3 rings (SSSR count).